The number of aliphatic hydroxyl groups is 1. The lowest BCUT2D eigenvalue weighted by Crippen LogP contribution is -2.62. The summed E-state index contributed by atoms with van der Waals surface area (Å²) in [5, 5.41) is 11.1. The van der Waals surface area contributed by atoms with Crippen LogP contribution in [0, 0.1) is 0 Å². The molecular weight excluding hydrogens is 632 g/mol. The molecule has 0 radical (unpaired) electrons. The van der Waals surface area contributed by atoms with E-state index >= 15 is 0 Å². The van der Waals surface area contributed by atoms with Crippen molar-refractivity contribution < 1.29 is 52.6 Å². The van der Waals surface area contributed by atoms with Crippen LogP contribution in [0.1, 0.15) is 42.3 Å². The molecule has 0 aromatic heterocycles. The van der Waals surface area contributed by atoms with Crippen LogP contribution in [0.5, 0.6) is 0 Å². The Hall–Kier alpha value is -3.94. The van der Waals surface area contributed by atoms with Crippen LogP contribution in [-0.2, 0) is 55.9 Å². The van der Waals surface area contributed by atoms with Crippen LogP contribution in [0.4, 0.5) is 0 Å². The van der Waals surface area contributed by atoms with Gasteiger partial charge in [-0.2, -0.15) is 0 Å². The van der Waals surface area contributed by atoms with E-state index in [1.165, 1.54) is 6.92 Å². The first-order valence-corrected chi connectivity index (χ1v) is 16.4. The van der Waals surface area contributed by atoms with Crippen LogP contribution in [0.25, 0.3) is 0 Å². The smallest absolute Gasteiger partial charge is 0.338 e. The van der Waals surface area contributed by atoms with Crippen molar-refractivity contribution in [2.45, 2.75) is 95.4 Å². The summed E-state index contributed by atoms with van der Waals surface area (Å²) in [6.07, 6.45) is -8.32. The Balaban J connectivity index is 1.46. The number of benzene rings is 3. The largest absolute Gasteiger partial charge is 0.460 e. The maximum absolute atomic E-state index is 13.6. The van der Waals surface area contributed by atoms with Crippen molar-refractivity contribution in [2.24, 2.45) is 0 Å². The molecule has 10 atom stereocenters. The van der Waals surface area contributed by atoms with Crippen molar-refractivity contribution in [1.82, 2.24) is 0 Å². The molecule has 0 unspecified atom stereocenters. The zero-order valence-electron chi connectivity index (χ0n) is 27.9. The molecule has 2 fully saturated rings. The molecule has 262 valence electrons. The summed E-state index contributed by atoms with van der Waals surface area (Å²) in [6.45, 7) is 9.03. The summed E-state index contributed by atoms with van der Waals surface area (Å²) in [6, 6.07) is 27.6. The average molecular weight is 677 g/mol. The molecule has 0 bridgehead atoms. The zero-order valence-corrected chi connectivity index (χ0v) is 27.9. The van der Waals surface area contributed by atoms with E-state index in [0.717, 1.165) is 11.1 Å². The molecule has 5 rings (SSSR count). The van der Waals surface area contributed by atoms with Crippen LogP contribution in [0.3, 0.4) is 0 Å². The van der Waals surface area contributed by atoms with Crippen molar-refractivity contribution in [3.8, 4) is 0 Å². The van der Waals surface area contributed by atoms with Gasteiger partial charge in [-0.3, -0.25) is 4.79 Å². The van der Waals surface area contributed by atoms with E-state index in [9.17, 15) is 14.7 Å². The molecular formula is C38H44O11. The second kappa shape index (κ2) is 17.6. The molecule has 0 saturated carbocycles. The minimum Gasteiger partial charge on any atom is -0.460 e. The Morgan fingerprint density at radius 3 is 1.94 bits per heavy atom. The SMILES string of the molecule is C=CCO[C@H]1[C@H](OC(=O)c2ccccc2)[C@@H](O[C@H]2[C@@H]([C@@H](C)OC(C)=O)O[C@H](O)[C@H]2OCc2ccccc2)O[C@@H](C)[C@H]1OCc1ccccc1. The fourth-order valence-electron chi connectivity index (χ4n) is 5.96. The molecule has 2 aliphatic heterocycles. The van der Waals surface area contributed by atoms with E-state index in [4.69, 9.17) is 37.9 Å². The summed E-state index contributed by atoms with van der Waals surface area (Å²) in [4.78, 5) is 25.5. The van der Waals surface area contributed by atoms with Gasteiger partial charge in [-0.25, -0.2) is 4.79 Å². The van der Waals surface area contributed by atoms with Gasteiger partial charge in [0.15, 0.2) is 18.7 Å². The second-order valence-electron chi connectivity index (χ2n) is 12.0. The normalized spacial score (nSPS) is 28.8. The predicted octanol–water partition coefficient (Wildman–Crippen LogP) is 4.75. The molecule has 3 aromatic carbocycles. The molecule has 2 aliphatic rings. The van der Waals surface area contributed by atoms with Gasteiger partial charge in [0.1, 0.15) is 36.6 Å². The fourth-order valence-corrected chi connectivity index (χ4v) is 5.96. The molecule has 0 amide bonds. The number of carbonyl (C=O) groups excluding carboxylic acids is 2. The van der Waals surface area contributed by atoms with Crippen LogP contribution in [0.15, 0.2) is 104 Å². The molecule has 11 heteroatoms. The third kappa shape index (κ3) is 9.61. The first kappa shape index (κ1) is 36.3. The quantitative estimate of drug-likeness (QED) is 0.177. The van der Waals surface area contributed by atoms with Gasteiger partial charge in [0, 0.05) is 6.92 Å². The second-order valence-corrected chi connectivity index (χ2v) is 12.0. The van der Waals surface area contributed by atoms with E-state index < -0.39 is 73.4 Å². The molecule has 0 aliphatic carbocycles. The molecule has 3 aromatic rings. The van der Waals surface area contributed by atoms with E-state index in [1.54, 1.807) is 43.3 Å². The summed E-state index contributed by atoms with van der Waals surface area (Å²) in [7, 11) is 0. The number of carbonyl (C=O) groups is 2. The lowest BCUT2D eigenvalue weighted by atomic mass is 9.98. The number of rotatable bonds is 15. The lowest BCUT2D eigenvalue weighted by molar-refractivity contribution is -0.323. The minimum absolute atomic E-state index is 0.120. The van der Waals surface area contributed by atoms with Gasteiger partial charge < -0.3 is 43.0 Å². The lowest BCUT2D eigenvalue weighted by Gasteiger charge is -2.45. The highest BCUT2D eigenvalue weighted by Crippen LogP contribution is 2.36. The molecule has 49 heavy (non-hydrogen) atoms. The third-order valence-corrected chi connectivity index (χ3v) is 8.29. The summed E-state index contributed by atoms with van der Waals surface area (Å²) < 4.78 is 49.4. The van der Waals surface area contributed by atoms with Crippen molar-refractivity contribution >= 4 is 11.9 Å². The number of esters is 2. The third-order valence-electron chi connectivity index (χ3n) is 8.29. The predicted molar refractivity (Wildman–Crippen MR) is 177 cm³/mol. The van der Waals surface area contributed by atoms with Gasteiger partial charge in [-0.15, -0.1) is 6.58 Å². The van der Waals surface area contributed by atoms with Crippen LogP contribution < -0.4 is 0 Å². The Morgan fingerprint density at radius 2 is 1.37 bits per heavy atom. The van der Waals surface area contributed by atoms with Gasteiger partial charge in [0.25, 0.3) is 0 Å². The molecule has 11 nitrogen and oxygen atoms in total. The fraction of sp³-hybridized carbons (Fsp3) is 0.421. The van der Waals surface area contributed by atoms with E-state index in [0.29, 0.717) is 5.56 Å². The first-order valence-electron chi connectivity index (χ1n) is 16.4. The van der Waals surface area contributed by atoms with Gasteiger partial charge in [0.2, 0.25) is 0 Å². The van der Waals surface area contributed by atoms with Crippen LogP contribution in [-0.4, -0.2) is 85.1 Å². The number of ether oxygens (including phenoxy) is 8. The number of hydrogen-bond donors (Lipinski definition) is 1. The maximum Gasteiger partial charge on any atom is 0.338 e. The van der Waals surface area contributed by atoms with E-state index in [-0.39, 0.29) is 19.8 Å². The minimum atomic E-state index is -1.43. The van der Waals surface area contributed by atoms with Gasteiger partial charge in [0.05, 0.1) is 31.5 Å². The summed E-state index contributed by atoms with van der Waals surface area (Å²) in [5.74, 6) is -1.16. The summed E-state index contributed by atoms with van der Waals surface area (Å²) in [5.41, 5.74) is 2.11. The van der Waals surface area contributed by atoms with Crippen LogP contribution in [0.2, 0.25) is 0 Å². The number of hydrogen-bond acceptors (Lipinski definition) is 11. The van der Waals surface area contributed by atoms with Gasteiger partial charge >= 0.3 is 11.9 Å². The van der Waals surface area contributed by atoms with E-state index in [1.807, 2.05) is 67.6 Å². The van der Waals surface area contributed by atoms with Gasteiger partial charge in [-0.1, -0.05) is 84.9 Å². The number of aliphatic hydroxyl groups excluding tert-OH is 1. The molecule has 2 heterocycles. The Kier molecular flexibility index (Phi) is 13.1. The Morgan fingerprint density at radius 1 is 0.796 bits per heavy atom. The molecule has 0 spiro atoms. The Bertz CT molecular complexity index is 1470. The summed E-state index contributed by atoms with van der Waals surface area (Å²) >= 11 is 0. The van der Waals surface area contributed by atoms with E-state index in [2.05, 4.69) is 6.58 Å². The molecule has 1 N–H and O–H groups in total. The highest BCUT2D eigenvalue weighted by Gasteiger charge is 2.55. The monoisotopic (exact) mass is 676 g/mol. The maximum atomic E-state index is 13.6. The highest BCUT2D eigenvalue weighted by atomic mass is 16.8. The van der Waals surface area contributed by atoms with Crippen LogP contribution >= 0.6 is 0 Å². The highest BCUT2D eigenvalue weighted by molar-refractivity contribution is 5.89. The Labute approximate surface area is 286 Å². The van der Waals surface area contributed by atoms with Gasteiger partial charge in [-0.05, 0) is 37.1 Å². The van der Waals surface area contributed by atoms with Crippen molar-refractivity contribution in [2.75, 3.05) is 6.61 Å². The zero-order chi connectivity index (χ0) is 34.8. The first-order chi connectivity index (χ1) is 23.7. The average Bonchev–Trinajstić information content (AvgIpc) is 3.42. The molecule has 2 saturated heterocycles. The van der Waals surface area contributed by atoms with Crippen molar-refractivity contribution in [3.05, 3.63) is 120 Å². The topological polar surface area (TPSA) is 128 Å². The standard InChI is InChI=1S/C38H44O11/c1-5-21-42-32-30(43-22-27-15-9-6-10-16-27)24(2)46-38(35(32)48-36(40)29-19-13-8-14-20-29)49-33-31(25(3)45-26(4)39)47-37(41)34(33)44-23-28-17-11-7-12-18-28/h5-20,24-25,30-35,37-38,41H,1,21-23H2,2-4H3/t24-,25+,30+,31+,32+,33-,34-,35-,37-,38+/m0/s1. The van der Waals surface area contributed by atoms with Crippen molar-refractivity contribution in [3.63, 3.8) is 0 Å². The van der Waals surface area contributed by atoms with Crippen molar-refractivity contribution in [1.29, 1.82) is 0 Å².